The molecule has 1 radical (unpaired) electrons. The Balaban J connectivity index is 2.45. The van der Waals surface area contributed by atoms with Gasteiger partial charge in [-0.05, 0) is 0 Å². The predicted octanol–water partition coefficient (Wildman–Crippen LogP) is 0.763. The molecule has 1 N–H and O–H groups in total. The van der Waals surface area contributed by atoms with Crippen molar-refractivity contribution in [1.29, 1.82) is 0 Å². The number of rotatable bonds is 0. The van der Waals surface area contributed by atoms with Crippen molar-refractivity contribution in [3.8, 4) is 0 Å². The topological polar surface area (TPSA) is 21.3 Å². The van der Waals surface area contributed by atoms with Crippen molar-refractivity contribution in [2.75, 3.05) is 0 Å². The molecule has 1 aliphatic heterocycles. The minimum absolute atomic E-state index is 0.593. The summed E-state index contributed by atoms with van der Waals surface area (Å²) in [4.78, 5) is 4.46. The fourth-order valence-corrected chi connectivity index (χ4v) is 0.304. The molecule has 0 aliphatic carbocycles. The number of nitrogens with one attached hydrogen (secondary N) is 1. The van der Waals surface area contributed by atoms with E-state index in [1.807, 2.05) is 0 Å². The summed E-state index contributed by atoms with van der Waals surface area (Å²) in [5.74, 6) is 0. The fourth-order valence-electron chi connectivity index (χ4n) is 0.215. The summed E-state index contributed by atoms with van der Waals surface area (Å²) in [6, 6.07) is 0. The normalized spacial score (nSPS) is 19.8. The lowest BCUT2D eigenvalue weighted by Gasteiger charge is -1.82. The van der Waals surface area contributed by atoms with Crippen LogP contribution in [0.3, 0.4) is 0 Å². The minimum Gasteiger partial charge on any atom is -0.415 e. The third kappa shape index (κ3) is 0.640. The molecule has 33 valence electrons. The molecule has 6 heavy (non-hydrogen) atoms. The Kier molecular flexibility index (Phi) is 0.986. The zero-order chi connectivity index (χ0) is 4.41. The van der Waals surface area contributed by atoms with Crippen LogP contribution in [0.5, 0.6) is 0 Å². The Bertz CT molecular complexity index is 80.9. The smallest absolute Gasteiger partial charge is 0.127 e. The van der Waals surface area contributed by atoms with Crippen LogP contribution in [0.1, 0.15) is 0 Å². The van der Waals surface area contributed by atoms with Crippen LogP contribution in [0.4, 0.5) is 0 Å². The van der Waals surface area contributed by atoms with E-state index in [1.165, 1.54) is 6.26 Å². The molecule has 0 aromatic rings. The van der Waals surface area contributed by atoms with Crippen LogP contribution < -0.4 is 5.48 Å². The van der Waals surface area contributed by atoms with Crippen molar-refractivity contribution in [2.24, 2.45) is 0 Å². The Labute approximate surface area is 40.7 Å². The molecule has 0 unspecified atom stereocenters. The van der Waals surface area contributed by atoms with Gasteiger partial charge in [-0.1, -0.05) is 11.6 Å². The number of hydrogen-bond donors (Lipinski definition) is 1. The molecule has 0 spiro atoms. The van der Waals surface area contributed by atoms with Crippen LogP contribution >= 0.6 is 11.6 Å². The molecule has 0 bridgehead atoms. The standard InChI is InChI=1S/C3H3ClNO/c4-3-1-5-6-2-3/h1-2,5H. The second-order valence-corrected chi connectivity index (χ2v) is 1.32. The van der Waals surface area contributed by atoms with E-state index in [0.29, 0.717) is 5.03 Å². The van der Waals surface area contributed by atoms with Crippen LogP contribution in [0.2, 0.25) is 0 Å². The minimum atomic E-state index is 0.593. The second-order valence-electron chi connectivity index (χ2n) is 0.883. The van der Waals surface area contributed by atoms with E-state index in [0.717, 1.165) is 0 Å². The first-order valence-electron chi connectivity index (χ1n) is 1.49. The molecule has 0 aromatic carbocycles. The molecule has 0 fully saturated rings. The summed E-state index contributed by atoms with van der Waals surface area (Å²) in [7, 11) is 0. The lowest BCUT2D eigenvalue weighted by atomic mass is 10.7. The Morgan fingerprint density at radius 2 is 2.67 bits per heavy atom. The van der Waals surface area contributed by atoms with E-state index in [4.69, 9.17) is 11.6 Å². The average molecular weight is 105 g/mol. The zero-order valence-corrected chi connectivity index (χ0v) is 3.70. The Hall–Kier alpha value is -0.210. The van der Waals surface area contributed by atoms with Gasteiger partial charge in [0.05, 0.1) is 5.03 Å². The number of hydroxylamine groups is 1. The van der Waals surface area contributed by atoms with Gasteiger partial charge in [0, 0.05) is 0 Å². The molecule has 0 saturated heterocycles. The molecule has 1 heterocycles. The molecule has 2 nitrogen and oxygen atoms in total. The maximum atomic E-state index is 5.33. The van der Waals surface area contributed by atoms with Crippen LogP contribution in [-0.2, 0) is 4.84 Å². The average Bonchev–Trinajstić information content (AvgIpc) is 1.86. The summed E-state index contributed by atoms with van der Waals surface area (Å²) < 4.78 is 0. The zero-order valence-electron chi connectivity index (χ0n) is 2.94. The van der Waals surface area contributed by atoms with E-state index in [-0.39, 0.29) is 0 Å². The van der Waals surface area contributed by atoms with Gasteiger partial charge < -0.3 is 4.84 Å². The molecule has 0 aromatic heterocycles. The van der Waals surface area contributed by atoms with Crippen LogP contribution in [0.15, 0.2) is 11.3 Å². The summed E-state index contributed by atoms with van der Waals surface area (Å²) in [6.45, 7) is 1.56. The largest absolute Gasteiger partial charge is 0.415 e. The highest BCUT2D eigenvalue weighted by Gasteiger charge is 1.98. The van der Waals surface area contributed by atoms with E-state index in [2.05, 4.69) is 10.3 Å². The maximum absolute atomic E-state index is 5.33. The van der Waals surface area contributed by atoms with Gasteiger partial charge in [0.15, 0.2) is 0 Å². The van der Waals surface area contributed by atoms with E-state index in [1.54, 1.807) is 6.54 Å². The SMILES string of the molecule is ClC1=CON[CH]1. The van der Waals surface area contributed by atoms with Crippen molar-refractivity contribution in [2.45, 2.75) is 0 Å². The summed E-state index contributed by atoms with van der Waals surface area (Å²) in [6.07, 6.45) is 1.42. The molecule has 0 amide bonds. The fraction of sp³-hybridized carbons (Fsp3) is 0. The lowest BCUT2D eigenvalue weighted by Crippen LogP contribution is -1.97. The summed E-state index contributed by atoms with van der Waals surface area (Å²) >= 11 is 5.33. The summed E-state index contributed by atoms with van der Waals surface area (Å²) in [5, 5.41) is 0.593. The van der Waals surface area contributed by atoms with Crippen LogP contribution in [0, 0.1) is 6.54 Å². The van der Waals surface area contributed by atoms with Gasteiger partial charge >= 0.3 is 0 Å². The highest BCUT2D eigenvalue weighted by atomic mass is 35.5. The number of halogens is 1. The predicted molar refractivity (Wildman–Crippen MR) is 22.5 cm³/mol. The molecular formula is C3H3ClNO. The highest BCUT2D eigenvalue weighted by molar-refractivity contribution is 6.30. The van der Waals surface area contributed by atoms with Crippen molar-refractivity contribution in [1.82, 2.24) is 5.48 Å². The molecule has 3 heteroatoms. The molecular weight excluding hydrogens is 101 g/mol. The van der Waals surface area contributed by atoms with Gasteiger partial charge in [-0.15, -0.1) is 5.48 Å². The monoisotopic (exact) mass is 104 g/mol. The van der Waals surface area contributed by atoms with Gasteiger partial charge in [0.2, 0.25) is 0 Å². The summed E-state index contributed by atoms with van der Waals surface area (Å²) in [5.41, 5.74) is 2.42. The third-order valence-corrected chi connectivity index (χ3v) is 0.635. The van der Waals surface area contributed by atoms with Gasteiger partial charge in [-0.3, -0.25) is 0 Å². The van der Waals surface area contributed by atoms with Crippen molar-refractivity contribution in [3.63, 3.8) is 0 Å². The Morgan fingerprint density at radius 3 is 2.83 bits per heavy atom. The van der Waals surface area contributed by atoms with Crippen LogP contribution in [-0.4, -0.2) is 0 Å². The maximum Gasteiger partial charge on any atom is 0.127 e. The first kappa shape index (κ1) is 3.96. The quantitative estimate of drug-likeness (QED) is 0.490. The van der Waals surface area contributed by atoms with Crippen molar-refractivity contribution >= 4 is 11.6 Å². The molecule has 0 saturated carbocycles. The van der Waals surface area contributed by atoms with E-state index in [9.17, 15) is 0 Å². The van der Waals surface area contributed by atoms with Crippen molar-refractivity contribution < 1.29 is 4.84 Å². The van der Waals surface area contributed by atoms with Gasteiger partial charge in [0.1, 0.15) is 12.8 Å². The molecule has 0 atom stereocenters. The first-order valence-corrected chi connectivity index (χ1v) is 1.87. The van der Waals surface area contributed by atoms with Gasteiger partial charge in [-0.25, -0.2) is 0 Å². The second kappa shape index (κ2) is 1.49. The molecule has 1 rings (SSSR count). The highest BCUT2D eigenvalue weighted by Crippen LogP contribution is 2.07. The third-order valence-electron chi connectivity index (χ3n) is 0.436. The van der Waals surface area contributed by atoms with E-state index >= 15 is 0 Å². The van der Waals surface area contributed by atoms with Crippen LogP contribution in [0.25, 0.3) is 0 Å². The Morgan fingerprint density at radius 1 is 1.83 bits per heavy atom. The van der Waals surface area contributed by atoms with Crippen molar-refractivity contribution in [3.05, 3.63) is 17.8 Å². The van der Waals surface area contributed by atoms with Gasteiger partial charge in [0.25, 0.3) is 0 Å². The number of hydrogen-bond acceptors (Lipinski definition) is 2. The molecule has 1 aliphatic rings. The lowest BCUT2D eigenvalue weighted by molar-refractivity contribution is 0.184. The van der Waals surface area contributed by atoms with E-state index < -0.39 is 0 Å². The first-order chi connectivity index (χ1) is 2.89. The van der Waals surface area contributed by atoms with Gasteiger partial charge in [-0.2, -0.15) is 0 Å².